The van der Waals surface area contributed by atoms with Crippen LogP contribution in [0, 0.1) is 0 Å². The number of aliphatic hydroxyl groups is 1. The first-order chi connectivity index (χ1) is 9.69. The highest BCUT2D eigenvalue weighted by molar-refractivity contribution is 5.15. The second-order valence-electron chi connectivity index (χ2n) is 4.52. The molecular formula is C17H28O3. The summed E-state index contributed by atoms with van der Waals surface area (Å²) in [6.45, 7) is 8.65. The fourth-order valence-corrected chi connectivity index (χ4v) is 1.53. The molecule has 0 aliphatic heterocycles. The molecule has 0 aliphatic carbocycles. The van der Waals surface area contributed by atoms with Crippen LogP contribution >= 0.6 is 0 Å². The topological polar surface area (TPSA) is 38.7 Å². The Bertz CT molecular complexity index is 324. The van der Waals surface area contributed by atoms with Gasteiger partial charge in [0.25, 0.3) is 0 Å². The van der Waals surface area contributed by atoms with Crippen molar-refractivity contribution in [2.75, 3.05) is 13.7 Å². The standard InChI is InChI=1S/C14H20O3.C3H8/c1-3-13(10-7-11-16-2)17-14(15)12-8-5-4-6-9-12;1-3-2/h3-6,8-9,13-15H,1,7,10-11H2,2H3;3H2,1-2H3/t13-,14?;/m1./s1. The molecule has 1 aromatic carbocycles. The largest absolute Gasteiger partial charge is 0.385 e. The minimum absolute atomic E-state index is 0.152. The molecule has 0 saturated carbocycles. The lowest BCUT2D eigenvalue weighted by Gasteiger charge is -2.18. The minimum atomic E-state index is -0.901. The first-order valence-corrected chi connectivity index (χ1v) is 7.19. The quantitative estimate of drug-likeness (QED) is 0.443. The predicted molar refractivity (Wildman–Crippen MR) is 83.5 cm³/mol. The molecule has 0 bridgehead atoms. The number of hydrogen-bond acceptors (Lipinski definition) is 3. The first kappa shape index (κ1) is 18.8. The summed E-state index contributed by atoms with van der Waals surface area (Å²) in [6.07, 6.45) is 3.58. The van der Waals surface area contributed by atoms with E-state index in [0.29, 0.717) is 6.61 Å². The van der Waals surface area contributed by atoms with Crippen molar-refractivity contribution in [3.05, 3.63) is 48.6 Å². The number of hydrogen-bond donors (Lipinski definition) is 1. The molecule has 20 heavy (non-hydrogen) atoms. The Hall–Kier alpha value is -1.16. The van der Waals surface area contributed by atoms with Gasteiger partial charge in [0.2, 0.25) is 0 Å². The van der Waals surface area contributed by atoms with E-state index in [0.717, 1.165) is 18.4 Å². The van der Waals surface area contributed by atoms with Crippen LogP contribution in [0.1, 0.15) is 45.0 Å². The van der Waals surface area contributed by atoms with Crippen molar-refractivity contribution >= 4 is 0 Å². The van der Waals surface area contributed by atoms with Gasteiger partial charge in [0.1, 0.15) is 0 Å². The lowest BCUT2D eigenvalue weighted by Crippen LogP contribution is -2.15. The van der Waals surface area contributed by atoms with Crippen LogP contribution in [0.5, 0.6) is 0 Å². The molecule has 3 heteroatoms. The smallest absolute Gasteiger partial charge is 0.181 e. The van der Waals surface area contributed by atoms with Gasteiger partial charge in [-0.15, -0.1) is 6.58 Å². The minimum Gasteiger partial charge on any atom is -0.385 e. The van der Waals surface area contributed by atoms with Crippen LogP contribution in [0.15, 0.2) is 43.0 Å². The van der Waals surface area contributed by atoms with Crippen molar-refractivity contribution in [2.24, 2.45) is 0 Å². The molecule has 0 fully saturated rings. The molecule has 0 radical (unpaired) electrons. The van der Waals surface area contributed by atoms with Gasteiger partial charge in [-0.05, 0) is 12.8 Å². The second kappa shape index (κ2) is 12.9. The molecular weight excluding hydrogens is 252 g/mol. The zero-order valence-electron chi connectivity index (χ0n) is 12.9. The fraction of sp³-hybridized carbons (Fsp3) is 0.529. The summed E-state index contributed by atoms with van der Waals surface area (Å²) in [7, 11) is 1.67. The van der Waals surface area contributed by atoms with E-state index in [9.17, 15) is 5.11 Å². The summed E-state index contributed by atoms with van der Waals surface area (Å²) in [6, 6.07) is 9.31. The zero-order chi connectivity index (χ0) is 15.2. The molecule has 3 nitrogen and oxygen atoms in total. The van der Waals surface area contributed by atoms with Gasteiger partial charge in [-0.25, -0.2) is 0 Å². The average Bonchev–Trinajstić information content (AvgIpc) is 2.48. The molecule has 0 aliphatic rings. The van der Waals surface area contributed by atoms with Gasteiger partial charge < -0.3 is 14.6 Å². The SMILES string of the molecule is C=C[C@H](CCCOC)OC(O)c1ccccc1.CCC. The van der Waals surface area contributed by atoms with Crippen molar-refractivity contribution in [1.29, 1.82) is 0 Å². The van der Waals surface area contributed by atoms with Crippen molar-refractivity contribution < 1.29 is 14.6 Å². The van der Waals surface area contributed by atoms with Crippen LogP contribution in [0.2, 0.25) is 0 Å². The monoisotopic (exact) mass is 280 g/mol. The molecule has 0 saturated heterocycles. The summed E-state index contributed by atoms with van der Waals surface area (Å²) >= 11 is 0. The summed E-state index contributed by atoms with van der Waals surface area (Å²) in [4.78, 5) is 0. The van der Waals surface area contributed by atoms with Crippen molar-refractivity contribution in [3.8, 4) is 0 Å². The highest BCUT2D eigenvalue weighted by Crippen LogP contribution is 2.18. The van der Waals surface area contributed by atoms with Crippen LogP contribution in [0.3, 0.4) is 0 Å². The van der Waals surface area contributed by atoms with Gasteiger partial charge in [0.15, 0.2) is 6.29 Å². The van der Waals surface area contributed by atoms with Gasteiger partial charge in [0, 0.05) is 19.3 Å². The third-order valence-corrected chi connectivity index (χ3v) is 2.49. The van der Waals surface area contributed by atoms with Crippen LogP contribution in [-0.2, 0) is 9.47 Å². The molecule has 0 heterocycles. The molecule has 0 spiro atoms. The molecule has 1 unspecified atom stereocenters. The van der Waals surface area contributed by atoms with E-state index >= 15 is 0 Å². The van der Waals surface area contributed by atoms with Gasteiger partial charge in [-0.2, -0.15) is 0 Å². The third kappa shape index (κ3) is 8.86. The Morgan fingerprint density at radius 1 is 1.25 bits per heavy atom. The second-order valence-corrected chi connectivity index (χ2v) is 4.52. The van der Waals surface area contributed by atoms with Crippen molar-refractivity contribution in [3.63, 3.8) is 0 Å². The molecule has 1 N–H and O–H groups in total. The zero-order valence-corrected chi connectivity index (χ0v) is 12.9. The Balaban J connectivity index is 0.00000110. The highest BCUT2D eigenvalue weighted by atomic mass is 16.6. The third-order valence-electron chi connectivity index (χ3n) is 2.49. The molecule has 114 valence electrons. The van der Waals surface area contributed by atoms with E-state index in [1.807, 2.05) is 30.3 Å². The van der Waals surface area contributed by atoms with Crippen LogP contribution in [-0.4, -0.2) is 24.9 Å². The normalized spacial score (nSPS) is 13.0. The van der Waals surface area contributed by atoms with E-state index in [1.165, 1.54) is 6.42 Å². The van der Waals surface area contributed by atoms with Gasteiger partial charge in [0.05, 0.1) is 6.10 Å². The summed E-state index contributed by atoms with van der Waals surface area (Å²) in [5.41, 5.74) is 0.756. The lowest BCUT2D eigenvalue weighted by atomic mass is 10.2. The average molecular weight is 280 g/mol. The molecule has 0 aromatic heterocycles. The van der Waals surface area contributed by atoms with E-state index in [2.05, 4.69) is 20.4 Å². The van der Waals surface area contributed by atoms with Crippen molar-refractivity contribution in [1.82, 2.24) is 0 Å². The Labute approximate surface area is 123 Å². The predicted octanol–water partition coefficient (Wildman–Crippen LogP) is 4.09. The maximum absolute atomic E-state index is 9.88. The summed E-state index contributed by atoms with van der Waals surface area (Å²) in [5.74, 6) is 0. The molecule has 0 amide bonds. The van der Waals surface area contributed by atoms with E-state index in [4.69, 9.17) is 9.47 Å². The van der Waals surface area contributed by atoms with E-state index < -0.39 is 6.29 Å². The molecule has 2 atom stereocenters. The first-order valence-electron chi connectivity index (χ1n) is 7.19. The van der Waals surface area contributed by atoms with Crippen LogP contribution < -0.4 is 0 Å². The van der Waals surface area contributed by atoms with Gasteiger partial charge >= 0.3 is 0 Å². The Morgan fingerprint density at radius 3 is 2.35 bits per heavy atom. The number of rotatable bonds is 8. The number of benzene rings is 1. The number of aliphatic hydroxyl groups excluding tert-OH is 1. The lowest BCUT2D eigenvalue weighted by molar-refractivity contribution is -0.128. The maximum atomic E-state index is 9.88. The maximum Gasteiger partial charge on any atom is 0.181 e. The van der Waals surface area contributed by atoms with Gasteiger partial charge in [-0.3, -0.25) is 0 Å². The number of ether oxygens (including phenoxy) is 2. The van der Waals surface area contributed by atoms with Crippen LogP contribution in [0.25, 0.3) is 0 Å². The fourth-order valence-electron chi connectivity index (χ4n) is 1.53. The van der Waals surface area contributed by atoms with E-state index in [1.54, 1.807) is 13.2 Å². The van der Waals surface area contributed by atoms with Crippen LogP contribution in [0.4, 0.5) is 0 Å². The Kier molecular flexibility index (Phi) is 12.1. The molecule has 1 aromatic rings. The van der Waals surface area contributed by atoms with Crippen molar-refractivity contribution in [2.45, 2.75) is 45.5 Å². The number of methoxy groups -OCH3 is 1. The van der Waals surface area contributed by atoms with E-state index in [-0.39, 0.29) is 6.10 Å². The molecule has 1 rings (SSSR count). The summed E-state index contributed by atoms with van der Waals surface area (Å²) in [5, 5.41) is 9.88. The van der Waals surface area contributed by atoms with Gasteiger partial charge in [-0.1, -0.05) is 56.7 Å². The highest BCUT2D eigenvalue weighted by Gasteiger charge is 2.12. The Morgan fingerprint density at radius 2 is 1.85 bits per heavy atom. The summed E-state index contributed by atoms with van der Waals surface area (Å²) < 4.78 is 10.5.